The number of hydrogen-bond donors (Lipinski definition) is 2. The SMILES string of the molecule is COc1ccc(CNC(=O)C(=O)NCCc2ccsc2)cc1. The third-order valence-corrected chi connectivity index (χ3v) is 3.83. The van der Waals surface area contributed by atoms with Crippen molar-refractivity contribution in [3.8, 4) is 5.75 Å². The highest BCUT2D eigenvalue weighted by atomic mass is 32.1. The smallest absolute Gasteiger partial charge is 0.309 e. The molecule has 2 N–H and O–H groups in total. The number of amides is 2. The molecule has 0 aliphatic carbocycles. The maximum absolute atomic E-state index is 11.7. The number of methoxy groups -OCH3 is 1. The van der Waals surface area contributed by atoms with E-state index in [4.69, 9.17) is 4.74 Å². The van der Waals surface area contributed by atoms with Crippen molar-refractivity contribution >= 4 is 23.2 Å². The topological polar surface area (TPSA) is 67.4 Å². The average molecular weight is 318 g/mol. The second kappa shape index (κ2) is 8.19. The van der Waals surface area contributed by atoms with Gasteiger partial charge in [0.1, 0.15) is 5.75 Å². The highest BCUT2D eigenvalue weighted by Crippen LogP contribution is 2.10. The molecule has 0 saturated heterocycles. The van der Waals surface area contributed by atoms with Crippen molar-refractivity contribution in [3.05, 3.63) is 52.2 Å². The zero-order chi connectivity index (χ0) is 15.8. The van der Waals surface area contributed by atoms with Crippen molar-refractivity contribution in [2.45, 2.75) is 13.0 Å². The molecular formula is C16H18N2O3S. The third kappa shape index (κ3) is 4.89. The molecule has 0 atom stereocenters. The number of carbonyl (C=O) groups excluding carboxylic acids is 2. The Morgan fingerprint density at radius 1 is 1.05 bits per heavy atom. The lowest BCUT2D eigenvalue weighted by atomic mass is 10.2. The Kier molecular flexibility index (Phi) is 5.97. The first-order chi connectivity index (χ1) is 10.7. The Bertz CT molecular complexity index is 609. The van der Waals surface area contributed by atoms with Crippen LogP contribution in [0.2, 0.25) is 0 Å². The van der Waals surface area contributed by atoms with Gasteiger partial charge >= 0.3 is 11.8 Å². The molecule has 0 unspecified atom stereocenters. The van der Waals surface area contributed by atoms with E-state index < -0.39 is 11.8 Å². The quantitative estimate of drug-likeness (QED) is 0.797. The zero-order valence-corrected chi connectivity index (χ0v) is 13.1. The molecule has 0 saturated carbocycles. The van der Waals surface area contributed by atoms with E-state index in [2.05, 4.69) is 10.6 Å². The van der Waals surface area contributed by atoms with Gasteiger partial charge in [-0.25, -0.2) is 0 Å². The van der Waals surface area contributed by atoms with E-state index in [0.29, 0.717) is 13.1 Å². The van der Waals surface area contributed by atoms with Crippen molar-refractivity contribution in [3.63, 3.8) is 0 Å². The number of rotatable bonds is 6. The minimum Gasteiger partial charge on any atom is -0.497 e. The van der Waals surface area contributed by atoms with E-state index in [0.717, 1.165) is 23.3 Å². The molecule has 2 amide bonds. The molecule has 0 aliphatic heterocycles. The lowest BCUT2D eigenvalue weighted by molar-refractivity contribution is -0.139. The molecule has 0 fully saturated rings. The van der Waals surface area contributed by atoms with Crippen molar-refractivity contribution in [2.24, 2.45) is 0 Å². The molecule has 6 heteroatoms. The summed E-state index contributed by atoms with van der Waals surface area (Å²) in [6, 6.07) is 9.30. The molecule has 1 aromatic carbocycles. The van der Waals surface area contributed by atoms with Crippen LogP contribution in [-0.2, 0) is 22.6 Å². The normalized spacial score (nSPS) is 10.0. The van der Waals surface area contributed by atoms with E-state index in [9.17, 15) is 9.59 Å². The van der Waals surface area contributed by atoms with Crippen molar-refractivity contribution in [2.75, 3.05) is 13.7 Å². The predicted octanol–water partition coefficient (Wildman–Crippen LogP) is 1.73. The van der Waals surface area contributed by atoms with Crippen LogP contribution in [0.4, 0.5) is 0 Å². The van der Waals surface area contributed by atoms with Crippen LogP contribution in [0.25, 0.3) is 0 Å². The van der Waals surface area contributed by atoms with Crippen LogP contribution >= 0.6 is 11.3 Å². The summed E-state index contributed by atoms with van der Waals surface area (Å²) < 4.78 is 5.06. The second-order valence-corrected chi connectivity index (χ2v) is 5.45. The second-order valence-electron chi connectivity index (χ2n) is 4.67. The molecule has 2 rings (SSSR count). The molecular weight excluding hydrogens is 300 g/mol. The van der Waals surface area contributed by atoms with Gasteiger partial charge in [0.15, 0.2) is 0 Å². The fourth-order valence-corrected chi connectivity index (χ4v) is 2.54. The molecule has 1 aromatic heterocycles. The Morgan fingerprint density at radius 2 is 1.77 bits per heavy atom. The lowest BCUT2D eigenvalue weighted by Crippen LogP contribution is -2.40. The fraction of sp³-hybridized carbons (Fsp3) is 0.250. The van der Waals surface area contributed by atoms with E-state index in [1.54, 1.807) is 18.4 Å². The summed E-state index contributed by atoms with van der Waals surface area (Å²) in [5, 5.41) is 9.21. The van der Waals surface area contributed by atoms with Crippen LogP contribution in [-0.4, -0.2) is 25.5 Å². The van der Waals surface area contributed by atoms with Crippen LogP contribution in [0.5, 0.6) is 5.75 Å². The fourth-order valence-electron chi connectivity index (χ4n) is 1.84. The van der Waals surface area contributed by atoms with Crippen LogP contribution in [0.15, 0.2) is 41.1 Å². The highest BCUT2D eigenvalue weighted by Gasteiger charge is 2.12. The summed E-state index contributed by atoms with van der Waals surface area (Å²) in [6.45, 7) is 0.756. The molecule has 0 spiro atoms. The van der Waals surface area contributed by atoms with E-state index in [-0.39, 0.29) is 0 Å². The lowest BCUT2D eigenvalue weighted by Gasteiger charge is -2.07. The minimum absolute atomic E-state index is 0.306. The summed E-state index contributed by atoms with van der Waals surface area (Å²) in [5.41, 5.74) is 2.06. The molecule has 0 bridgehead atoms. The van der Waals surface area contributed by atoms with Crippen LogP contribution in [0.1, 0.15) is 11.1 Å². The van der Waals surface area contributed by atoms with Gasteiger partial charge < -0.3 is 15.4 Å². The molecule has 1 heterocycles. The van der Waals surface area contributed by atoms with Gasteiger partial charge in [0.05, 0.1) is 7.11 Å². The first-order valence-electron chi connectivity index (χ1n) is 6.89. The van der Waals surface area contributed by atoms with Gasteiger partial charge in [-0.05, 0) is 46.5 Å². The summed E-state index contributed by atoms with van der Waals surface area (Å²) in [4.78, 5) is 23.3. The number of ether oxygens (including phenoxy) is 1. The molecule has 2 aromatic rings. The van der Waals surface area contributed by atoms with Gasteiger partial charge in [0.25, 0.3) is 0 Å². The Balaban J connectivity index is 1.70. The number of nitrogens with one attached hydrogen (secondary N) is 2. The molecule has 22 heavy (non-hydrogen) atoms. The van der Waals surface area contributed by atoms with Crippen LogP contribution in [0, 0.1) is 0 Å². The third-order valence-electron chi connectivity index (χ3n) is 3.10. The summed E-state index contributed by atoms with van der Waals surface area (Å²) in [6.07, 6.45) is 0.723. The Morgan fingerprint density at radius 3 is 2.41 bits per heavy atom. The molecule has 116 valence electrons. The maximum Gasteiger partial charge on any atom is 0.309 e. The van der Waals surface area contributed by atoms with Gasteiger partial charge in [-0.1, -0.05) is 12.1 Å². The largest absolute Gasteiger partial charge is 0.497 e. The predicted molar refractivity (Wildman–Crippen MR) is 85.9 cm³/mol. The summed E-state index contributed by atoms with van der Waals surface area (Å²) in [5.74, 6) is -0.480. The first-order valence-corrected chi connectivity index (χ1v) is 7.83. The molecule has 5 nitrogen and oxygen atoms in total. The summed E-state index contributed by atoms with van der Waals surface area (Å²) >= 11 is 1.61. The van der Waals surface area contributed by atoms with Gasteiger partial charge in [-0.3, -0.25) is 9.59 Å². The maximum atomic E-state index is 11.7. The average Bonchev–Trinajstić information content (AvgIpc) is 3.06. The number of thiophene rings is 1. The standard InChI is InChI=1S/C16H18N2O3S/c1-21-14-4-2-12(3-5-14)10-18-16(20)15(19)17-8-6-13-7-9-22-11-13/h2-5,7,9,11H,6,8,10H2,1H3,(H,17,19)(H,18,20). The Hall–Kier alpha value is -2.34. The molecule has 0 aliphatic rings. The number of hydrogen-bond acceptors (Lipinski definition) is 4. The zero-order valence-electron chi connectivity index (χ0n) is 12.3. The van der Waals surface area contributed by atoms with E-state index >= 15 is 0 Å². The van der Waals surface area contributed by atoms with Gasteiger partial charge in [-0.2, -0.15) is 11.3 Å². The monoisotopic (exact) mass is 318 g/mol. The van der Waals surface area contributed by atoms with Crippen molar-refractivity contribution in [1.29, 1.82) is 0 Å². The number of carbonyl (C=O) groups is 2. The van der Waals surface area contributed by atoms with E-state index in [1.165, 1.54) is 0 Å². The van der Waals surface area contributed by atoms with Gasteiger partial charge in [-0.15, -0.1) is 0 Å². The van der Waals surface area contributed by atoms with Crippen LogP contribution in [0.3, 0.4) is 0 Å². The van der Waals surface area contributed by atoms with Crippen LogP contribution < -0.4 is 15.4 Å². The first kappa shape index (κ1) is 16.0. The van der Waals surface area contributed by atoms with Crippen molar-refractivity contribution in [1.82, 2.24) is 10.6 Å². The summed E-state index contributed by atoms with van der Waals surface area (Å²) in [7, 11) is 1.59. The van der Waals surface area contributed by atoms with Crippen molar-refractivity contribution < 1.29 is 14.3 Å². The minimum atomic E-state index is -0.624. The van der Waals surface area contributed by atoms with Gasteiger partial charge in [0.2, 0.25) is 0 Å². The Labute approximate surface area is 133 Å². The van der Waals surface area contributed by atoms with Gasteiger partial charge in [0, 0.05) is 13.1 Å². The molecule has 0 radical (unpaired) electrons. The van der Waals surface area contributed by atoms with E-state index in [1.807, 2.05) is 41.1 Å². The highest BCUT2D eigenvalue weighted by molar-refractivity contribution is 7.07. The number of benzene rings is 1.